The number of hydrogen-bond acceptors (Lipinski definition) is 3. The summed E-state index contributed by atoms with van der Waals surface area (Å²) in [5, 5.41) is 0. The van der Waals surface area contributed by atoms with Crippen LogP contribution in [0.1, 0.15) is 61.4 Å². The van der Waals surface area contributed by atoms with E-state index >= 15 is 0 Å². The largest absolute Gasteiger partial charge is 0.373 e. The number of fused-ring (bicyclic) bond motifs is 4. The van der Waals surface area contributed by atoms with E-state index in [1.165, 1.54) is 28.9 Å². The lowest BCUT2D eigenvalue weighted by molar-refractivity contribution is -0.907. The molecule has 176 valence electrons. The molecule has 4 nitrogen and oxygen atoms in total. The van der Waals surface area contributed by atoms with Crippen molar-refractivity contribution in [3.8, 4) is 0 Å². The van der Waals surface area contributed by atoms with Crippen LogP contribution < -0.4 is 4.90 Å². The summed E-state index contributed by atoms with van der Waals surface area (Å²) in [6.07, 6.45) is 7.49. The van der Waals surface area contributed by atoms with E-state index in [9.17, 15) is 9.59 Å². The highest BCUT2D eigenvalue weighted by Crippen LogP contribution is 2.41. The van der Waals surface area contributed by atoms with Crippen LogP contribution in [0.3, 0.4) is 0 Å². The molecular formula is C31H30NO3+. The average molecular weight is 465 g/mol. The Kier molecular flexibility index (Phi) is 5.71. The van der Waals surface area contributed by atoms with Crippen LogP contribution in [0.25, 0.3) is 0 Å². The Bertz CT molecular complexity index is 1320. The van der Waals surface area contributed by atoms with Crippen LogP contribution in [0.2, 0.25) is 0 Å². The van der Waals surface area contributed by atoms with Gasteiger partial charge in [-0.3, -0.25) is 9.59 Å². The minimum absolute atomic E-state index is 0.0611. The molecule has 6 rings (SSSR count). The number of ether oxygens (including phenoxy) is 1. The molecule has 1 saturated carbocycles. The fourth-order valence-corrected chi connectivity index (χ4v) is 5.89. The highest BCUT2D eigenvalue weighted by molar-refractivity contribution is 6.28. The Morgan fingerprint density at radius 3 is 2.06 bits per heavy atom. The number of benzene rings is 3. The number of nitrogens with one attached hydrogen (secondary N) is 1. The number of carbonyl (C=O) groups is 2. The first kappa shape index (κ1) is 22.1. The van der Waals surface area contributed by atoms with Crippen LogP contribution in [0.4, 0.5) is 0 Å². The van der Waals surface area contributed by atoms with E-state index in [0.717, 1.165) is 24.6 Å². The minimum Gasteiger partial charge on any atom is -0.373 e. The molecule has 3 aliphatic rings. The van der Waals surface area contributed by atoms with E-state index < -0.39 is 0 Å². The lowest BCUT2D eigenvalue weighted by atomic mass is 9.83. The Morgan fingerprint density at radius 2 is 1.37 bits per heavy atom. The average Bonchev–Trinajstić information content (AvgIpc) is 3.50. The maximum atomic E-state index is 13.0. The zero-order valence-corrected chi connectivity index (χ0v) is 20.0. The van der Waals surface area contributed by atoms with Gasteiger partial charge in [0.25, 0.3) is 0 Å². The topological polar surface area (TPSA) is 47.8 Å². The van der Waals surface area contributed by atoms with Gasteiger partial charge in [0.15, 0.2) is 11.6 Å². The van der Waals surface area contributed by atoms with Crippen LogP contribution in [0.5, 0.6) is 0 Å². The standard InChI is InChI=1S/C31H29NO3/c1-32(17-20-6-8-21(9-7-20)19-35-29-16-22-10-12-24(29)14-22)18-23-11-13-27-28(15-23)31(34)26-5-3-2-4-25(26)30(27)33/h2-13,15,22,24,29H,14,16-19H2,1H3/p+1. The SMILES string of the molecule is C[NH+](Cc1ccc(COC2CC3C=CC2C3)cc1)Cc1ccc2c(c1)C(=O)c1ccccc1C2=O. The van der Waals surface area contributed by atoms with Crippen molar-refractivity contribution >= 4 is 11.6 Å². The van der Waals surface area contributed by atoms with Crippen molar-refractivity contribution in [1.29, 1.82) is 0 Å². The number of quaternary nitrogens is 1. The molecule has 4 unspecified atom stereocenters. The van der Waals surface area contributed by atoms with E-state index in [-0.39, 0.29) is 11.6 Å². The van der Waals surface area contributed by atoms with Gasteiger partial charge in [-0.25, -0.2) is 0 Å². The molecule has 4 atom stereocenters. The summed E-state index contributed by atoms with van der Waals surface area (Å²) in [6.45, 7) is 2.33. The van der Waals surface area contributed by atoms with Crippen molar-refractivity contribution in [3.63, 3.8) is 0 Å². The normalized spacial score (nSPS) is 22.8. The van der Waals surface area contributed by atoms with Gasteiger partial charge in [0.2, 0.25) is 0 Å². The second-order valence-electron chi connectivity index (χ2n) is 10.3. The third kappa shape index (κ3) is 4.29. The highest BCUT2D eigenvalue weighted by atomic mass is 16.5. The van der Waals surface area contributed by atoms with Gasteiger partial charge in [0.1, 0.15) is 13.1 Å². The molecule has 3 aromatic carbocycles. The zero-order valence-electron chi connectivity index (χ0n) is 20.0. The summed E-state index contributed by atoms with van der Waals surface area (Å²) in [7, 11) is 2.15. The summed E-state index contributed by atoms with van der Waals surface area (Å²) in [5.74, 6) is 1.22. The minimum atomic E-state index is -0.0663. The van der Waals surface area contributed by atoms with Gasteiger partial charge < -0.3 is 9.64 Å². The molecule has 0 saturated heterocycles. The quantitative estimate of drug-likeness (QED) is 0.418. The smallest absolute Gasteiger partial charge is 0.194 e. The molecule has 2 bridgehead atoms. The van der Waals surface area contributed by atoms with Gasteiger partial charge in [-0.2, -0.15) is 0 Å². The van der Waals surface area contributed by atoms with Crippen LogP contribution in [0.15, 0.2) is 78.9 Å². The predicted octanol–water partition coefficient (Wildman–Crippen LogP) is 4.16. The van der Waals surface area contributed by atoms with Gasteiger partial charge in [0.05, 0.1) is 19.8 Å². The highest BCUT2D eigenvalue weighted by Gasteiger charge is 2.36. The number of ketones is 2. The predicted molar refractivity (Wildman–Crippen MR) is 134 cm³/mol. The molecule has 1 fully saturated rings. The molecule has 35 heavy (non-hydrogen) atoms. The summed E-state index contributed by atoms with van der Waals surface area (Å²) in [5.41, 5.74) is 5.59. The van der Waals surface area contributed by atoms with Crippen molar-refractivity contribution in [2.45, 2.75) is 38.6 Å². The molecule has 0 heterocycles. The molecule has 0 aromatic heterocycles. The summed E-state index contributed by atoms with van der Waals surface area (Å²) in [4.78, 5) is 27.2. The second kappa shape index (κ2) is 9.03. The molecule has 3 aromatic rings. The van der Waals surface area contributed by atoms with Crippen LogP contribution in [-0.2, 0) is 24.4 Å². The Labute approximate surface area is 206 Å². The molecule has 0 radical (unpaired) electrons. The van der Waals surface area contributed by atoms with E-state index in [4.69, 9.17) is 4.74 Å². The van der Waals surface area contributed by atoms with Gasteiger partial charge in [-0.1, -0.05) is 66.7 Å². The zero-order chi connectivity index (χ0) is 23.9. The summed E-state index contributed by atoms with van der Waals surface area (Å²) < 4.78 is 6.20. The Hall–Kier alpha value is -3.34. The third-order valence-electron chi connectivity index (χ3n) is 7.71. The maximum Gasteiger partial charge on any atom is 0.194 e. The van der Waals surface area contributed by atoms with Crippen LogP contribution in [0, 0.1) is 11.8 Å². The molecule has 1 N–H and O–H groups in total. The third-order valence-corrected chi connectivity index (χ3v) is 7.71. The van der Waals surface area contributed by atoms with Crippen molar-refractivity contribution in [3.05, 3.63) is 118 Å². The Morgan fingerprint density at radius 1 is 0.743 bits per heavy atom. The first-order valence-electron chi connectivity index (χ1n) is 12.6. The summed E-state index contributed by atoms with van der Waals surface area (Å²) >= 11 is 0. The second-order valence-corrected chi connectivity index (χ2v) is 10.3. The first-order valence-corrected chi connectivity index (χ1v) is 12.6. The fourth-order valence-electron chi connectivity index (χ4n) is 5.89. The van der Waals surface area contributed by atoms with E-state index in [1.807, 2.05) is 24.3 Å². The molecule has 0 aliphatic heterocycles. The van der Waals surface area contributed by atoms with Gasteiger partial charge in [-0.15, -0.1) is 0 Å². The molecule has 3 aliphatic carbocycles. The monoisotopic (exact) mass is 464 g/mol. The maximum absolute atomic E-state index is 13.0. The van der Waals surface area contributed by atoms with Crippen molar-refractivity contribution < 1.29 is 19.2 Å². The molecule has 0 spiro atoms. The fraction of sp³-hybridized carbons (Fsp3) is 0.290. The number of hydrogen-bond donors (Lipinski definition) is 1. The lowest BCUT2D eigenvalue weighted by Gasteiger charge is -2.20. The van der Waals surface area contributed by atoms with Crippen molar-refractivity contribution in [1.82, 2.24) is 0 Å². The van der Waals surface area contributed by atoms with Crippen LogP contribution in [-0.4, -0.2) is 24.7 Å². The van der Waals surface area contributed by atoms with Gasteiger partial charge in [0, 0.05) is 39.3 Å². The number of carbonyl (C=O) groups excluding carboxylic acids is 2. The number of rotatable bonds is 7. The molecule has 0 amide bonds. The molecular weight excluding hydrogens is 434 g/mol. The van der Waals surface area contributed by atoms with E-state index in [2.05, 4.69) is 43.5 Å². The Balaban J connectivity index is 1.07. The van der Waals surface area contributed by atoms with E-state index in [0.29, 0.717) is 40.9 Å². The van der Waals surface area contributed by atoms with Gasteiger partial charge >= 0.3 is 0 Å². The van der Waals surface area contributed by atoms with Crippen molar-refractivity contribution in [2.24, 2.45) is 11.8 Å². The number of allylic oxidation sites excluding steroid dienone is 1. The summed E-state index contributed by atoms with van der Waals surface area (Å²) in [6, 6.07) is 21.5. The van der Waals surface area contributed by atoms with Crippen molar-refractivity contribution in [2.75, 3.05) is 7.05 Å². The lowest BCUT2D eigenvalue weighted by Crippen LogP contribution is -3.06. The first-order chi connectivity index (χ1) is 17.0. The molecule has 4 heteroatoms. The van der Waals surface area contributed by atoms with Crippen LogP contribution >= 0.6 is 0 Å². The van der Waals surface area contributed by atoms with E-state index in [1.54, 1.807) is 18.2 Å². The van der Waals surface area contributed by atoms with Gasteiger partial charge in [-0.05, 0) is 36.5 Å².